The number of aromatic nitrogens is 3. The lowest BCUT2D eigenvalue weighted by Crippen LogP contribution is -2.42. The molecule has 2 saturated heterocycles. The van der Waals surface area contributed by atoms with Crippen LogP contribution in [-0.4, -0.2) is 69.8 Å². The zero-order valence-corrected chi connectivity index (χ0v) is 13.5. The van der Waals surface area contributed by atoms with Gasteiger partial charge in [-0.2, -0.15) is 0 Å². The summed E-state index contributed by atoms with van der Waals surface area (Å²) in [6.07, 6.45) is 3.90. The van der Waals surface area contributed by atoms with Crippen molar-refractivity contribution in [2.75, 3.05) is 26.7 Å². The summed E-state index contributed by atoms with van der Waals surface area (Å²) in [5.41, 5.74) is 0.802. The van der Waals surface area contributed by atoms with Crippen LogP contribution in [0.4, 0.5) is 0 Å². The van der Waals surface area contributed by atoms with E-state index in [9.17, 15) is 4.79 Å². The highest BCUT2D eigenvalue weighted by Crippen LogP contribution is 2.24. The van der Waals surface area contributed by atoms with Crippen LogP contribution < -0.4 is 0 Å². The van der Waals surface area contributed by atoms with Crippen molar-refractivity contribution in [1.29, 1.82) is 0 Å². The van der Waals surface area contributed by atoms with Crippen molar-refractivity contribution in [2.45, 2.75) is 25.1 Å². The first kappa shape index (κ1) is 15.2. The van der Waals surface area contributed by atoms with Gasteiger partial charge in [0.2, 0.25) is 17.7 Å². The maximum atomic E-state index is 12.0. The van der Waals surface area contributed by atoms with E-state index in [1.807, 2.05) is 24.1 Å². The molecule has 2 aliphatic heterocycles. The fourth-order valence-corrected chi connectivity index (χ4v) is 3.27. The van der Waals surface area contributed by atoms with Crippen molar-refractivity contribution < 1.29 is 13.9 Å². The van der Waals surface area contributed by atoms with E-state index in [1.54, 1.807) is 12.4 Å². The Balaban J connectivity index is 1.44. The van der Waals surface area contributed by atoms with Crippen molar-refractivity contribution in [1.82, 2.24) is 25.0 Å². The molecule has 2 atom stereocenters. The second-order valence-corrected chi connectivity index (χ2v) is 6.17. The van der Waals surface area contributed by atoms with Crippen molar-refractivity contribution in [3.05, 3.63) is 30.4 Å². The Labute approximate surface area is 139 Å². The van der Waals surface area contributed by atoms with Gasteiger partial charge in [-0.05, 0) is 12.1 Å². The first-order chi connectivity index (χ1) is 11.7. The number of hydrogen-bond donors (Lipinski definition) is 0. The number of ether oxygens (including phenoxy) is 1. The van der Waals surface area contributed by atoms with Crippen molar-refractivity contribution >= 4 is 5.91 Å². The summed E-state index contributed by atoms with van der Waals surface area (Å²) < 4.78 is 11.6. The molecule has 0 saturated carbocycles. The topological polar surface area (TPSA) is 84.6 Å². The fourth-order valence-electron chi connectivity index (χ4n) is 3.27. The highest BCUT2D eigenvalue weighted by Gasteiger charge is 2.40. The predicted molar refractivity (Wildman–Crippen MR) is 83.7 cm³/mol. The van der Waals surface area contributed by atoms with E-state index in [-0.39, 0.29) is 18.1 Å². The van der Waals surface area contributed by atoms with Crippen LogP contribution in [0.5, 0.6) is 0 Å². The van der Waals surface area contributed by atoms with Crippen LogP contribution in [0.2, 0.25) is 0 Å². The van der Waals surface area contributed by atoms with Gasteiger partial charge in [-0.15, -0.1) is 10.2 Å². The van der Waals surface area contributed by atoms with Crippen LogP contribution in [0.1, 0.15) is 12.3 Å². The third-order valence-electron chi connectivity index (χ3n) is 4.59. The Morgan fingerprint density at radius 2 is 2.25 bits per heavy atom. The average Bonchev–Trinajstić information content (AvgIpc) is 3.20. The van der Waals surface area contributed by atoms with Crippen molar-refractivity contribution in [2.24, 2.45) is 0 Å². The van der Waals surface area contributed by atoms with E-state index in [0.717, 1.165) is 18.7 Å². The summed E-state index contributed by atoms with van der Waals surface area (Å²) in [5, 5.41) is 8.20. The molecule has 0 bridgehead atoms. The number of rotatable bonds is 3. The van der Waals surface area contributed by atoms with Gasteiger partial charge < -0.3 is 14.1 Å². The largest absolute Gasteiger partial charge is 0.419 e. The van der Waals surface area contributed by atoms with Gasteiger partial charge in [0.25, 0.3) is 0 Å². The molecule has 2 fully saturated rings. The molecule has 126 valence electrons. The Bertz CT molecular complexity index is 720. The smallest absolute Gasteiger partial charge is 0.249 e. The molecule has 24 heavy (non-hydrogen) atoms. The van der Waals surface area contributed by atoms with E-state index in [1.165, 1.54) is 0 Å². The standard InChI is InChI=1S/C16H19N5O3/c1-20-12-8-21(9-13(12)23-6-4-15(20)22)10-14-18-19-16(24-14)11-3-2-5-17-7-11/h2-3,5,7,12-13H,4,6,8-10H2,1H3/t12-,13-/m0/s1. The summed E-state index contributed by atoms with van der Waals surface area (Å²) in [7, 11) is 1.85. The lowest BCUT2D eigenvalue weighted by molar-refractivity contribution is -0.131. The zero-order valence-electron chi connectivity index (χ0n) is 13.5. The van der Waals surface area contributed by atoms with Crippen LogP contribution in [0.15, 0.2) is 28.9 Å². The van der Waals surface area contributed by atoms with Gasteiger partial charge in [0.05, 0.1) is 37.3 Å². The molecule has 0 radical (unpaired) electrons. The van der Waals surface area contributed by atoms with E-state index in [4.69, 9.17) is 9.15 Å². The van der Waals surface area contributed by atoms with Crippen LogP contribution in [0, 0.1) is 0 Å². The summed E-state index contributed by atoms with van der Waals surface area (Å²) in [6, 6.07) is 3.80. The third kappa shape index (κ3) is 2.90. The maximum absolute atomic E-state index is 12.0. The predicted octanol–water partition coefficient (Wildman–Crippen LogP) is 0.563. The number of likely N-dealkylation sites (N-methyl/N-ethyl adjacent to an activating group) is 1. The molecule has 0 aliphatic carbocycles. The minimum absolute atomic E-state index is 0.0437. The minimum atomic E-state index is 0.0437. The quantitative estimate of drug-likeness (QED) is 0.813. The SMILES string of the molecule is CN1C(=O)CCO[C@H]2CN(Cc3nnc(-c4cccnc4)o3)C[C@@H]21. The number of fused-ring (bicyclic) bond motifs is 1. The Morgan fingerprint density at radius 1 is 1.33 bits per heavy atom. The van der Waals surface area contributed by atoms with E-state index < -0.39 is 0 Å². The number of pyridine rings is 1. The number of carbonyl (C=O) groups excluding carboxylic acids is 1. The van der Waals surface area contributed by atoms with Crippen molar-refractivity contribution in [3.63, 3.8) is 0 Å². The normalized spacial score (nSPS) is 24.9. The van der Waals surface area contributed by atoms with Gasteiger partial charge in [0, 0.05) is 32.5 Å². The number of hydrogen-bond acceptors (Lipinski definition) is 7. The van der Waals surface area contributed by atoms with Crippen LogP contribution >= 0.6 is 0 Å². The number of amides is 1. The lowest BCUT2D eigenvalue weighted by Gasteiger charge is -2.25. The Morgan fingerprint density at radius 3 is 3.08 bits per heavy atom. The summed E-state index contributed by atoms with van der Waals surface area (Å²) in [4.78, 5) is 20.0. The van der Waals surface area contributed by atoms with E-state index in [0.29, 0.717) is 31.4 Å². The second-order valence-electron chi connectivity index (χ2n) is 6.17. The molecule has 4 rings (SSSR count). The molecule has 2 aromatic rings. The van der Waals surface area contributed by atoms with Gasteiger partial charge in [0.15, 0.2) is 0 Å². The molecule has 1 amide bonds. The molecule has 8 nitrogen and oxygen atoms in total. The number of nitrogens with zero attached hydrogens (tertiary/aromatic N) is 5. The highest BCUT2D eigenvalue weighted by atomic mass is 16.5. The molecule has 2 aromatic heterocycles. The third-order valence-corrected chi connectivity index (χ3v) is 4.59. The van der Waals surface area contributed by atoms with Gasteiger partial charge in [0.1, 0.15) is 0 Å². The van der Waals surface area contributed by atoms with Crippen LogP contribution in [0.3, 0.4) is 0 Å². The van der Waals surface area contributed by atoms with Crippen LogP contribution in [0.25, 0.3) is 11.5 Å². The lowest BCUT2D eigenvalue weighted by atomic mass is 10.2. The Hall–Kier alpha value is -2.32. The molecular weight excluding hydrogens is 310 g/mol. The average molecular weight is 329 g/mol. The van der Waals surface area contributed by atoms with Crippen molar-refractivity contribution in [3.8, 4) is 11.5 Å². The fraction of sp³-hybridized carbons (Fsp3) is 0.500. The van der Waals surface area contributed by atoms with Gasteiger partial charge in [-0.25, -0.2) is 0 Å². The van der Waals surface area contributed by atoms with E-state index >= 15 is 0 Å². The first-order valence-corrected chi connectivity index (χ1v) is 8.03. The molecule has 0 N–H and O–H groups in total. The monoisotopic (exact) mass is 329 g/mol. The second kappa shape index (κ2) is 6.29. The zero-order chi connectivity index (χ0) is 16.5. The molecule has 0 aromatic carbocycles. The Kier molecular flexibility index (Phi) is 3.99. The minimum Gasteiger partial charge on any atom is -0.419 e. The molecule has 2 aliphatic rings. The molecule has 0 unspecified atom stereocenters. The van der Waals surface area contributed by atoms with Gasteiger partial charge in [-0.1, -0.05) is 0 Å². The molecule has 8 heteroatoms. The van der Waals surface area contributed by atoms with Gasteiger partial charge >= 0.3 is 0 Å². The van der Waals surface area contributed by atoms with Gasteiger partial charge in [-0.3, -0.25) is 14.7 Å². The molecule has 4 heterocycles. The molecule has 0 spiro atoms. The summed E-state index contributed by atoms with van der Waals surface area (Å²) in [6.45, 7) is 2.54. The maximum Gasteiger partial charge on any atom is 0.249 e. The summed E-state index contributed by atoms with van der Waals surface area (Å²) >= 11 is 0. The van der Waals surface area contributed by atoms with E-state index in [2.05, 4.69) is 20.1 Å². The molecular formula is C16H19N5O3. The number of carbonyl (C=O) groups is 1. The summed E-state index contributed by atoms with van der Waals surface area (Å²) in [5.74, 6) is 1.16. The highest BCUT2D eigenvalue weighted by molar-refractivity contribution is 5.76. The number of likely N-dealkylation sites (tertiary alicyclic amines) is 1. The first-order valence-electron chi connectivity index (χ1n) is 8.03. The van der Waals surface area contributed by atoms with Crippen LogP contribution in [-0.2, 0) is 16.1 Å².